The Labute approximate surface area is 134 Å². The number of rotatable bonds is 9. The summed E-state index contributed by atoms with van der Waals surface area (Å²) in [5.74, 6) is 0.404. The zero-order valence-corrected chi connectivity index (χ0v) is 13.2. The van der Waals surface area contributed by atoms with Crippen molar-refractivity contribution in [1.82, 2.24) is 0 Å². The summed E-state index contributed by atoms with van der Waals surface area (Å²) < 4.78 is 0. The second kappa shape index (κ2) is 9.22. The zero-order valence-electron chi connectivity index (χ0n) is 13.2. The minimum Gasteiger partial charge on any atom is -0.388 e. The Balaban J connectivity index is 2.02. The maximum absolute atomic E-state index is 10.5. The van der Waals surface area contributed by atoms with Crippen LogP contribution in [0.3, 0.4) is 0 Å². The van der Waals surface area contributed by atoms with E-state index < -0.39 is 6.10 Å². The summed E-state index contributed by atoms with van der Waals surface area (Å²) in [5.41, 5.74) is 2.34. The van der Waals surface area contributed by atoms with Crippen LogP contribution in [-0.4, -0.2) is 5.11 Å². The quantitative estimate of drug-likeness (QED) is 0.468. The highest BCUT2D eigenvalue weighted by Gasteiger charge is 2.17. The summed E-state index contributed by atoms with van der Waals surface area (Å²) in [4.78, 5) is 0. The van der Waals surface area contributed by atoms with Gasteiger partial charge in [0, 0.05) is 0 Å². The van der Waals surface area contributed by atoms with Crippen molar-refractivity contribution < 1.29 is 5.11 Å². The first-order valence-corrected chi connectivity index (χ1v) is 8.20. The molecular weight excluding hydrogens is 268 g/mol. The molecule has 2 rings (SSSR count). The standard InChI is InChI=1S/C21H26O/c1-2-3-4-7-16-20(18-12-8-5-9-13-18)17-21(22)19-14-10-6-11-15-19/h2,5-6,8-15,20-22H,1,3-4,7,16-17H2. The molecule has 0 aliphatic carbocycles. The SMILES string of the molecule is C=CCCCCC(CC(O)c1ccccc1)c1ccccc1. The van der Waals surface area contributed by atoms with Gasteiger partial charge in [-0.2, -0.15) is 0 Å². The Bertz CT molecular complexity index is 532. The zero-order chi connectivity index (χ0) is 15.6. The molecule has 1 heteroatoms. The number of benzene rings is 2. The van der Waals surface area contributed by atoms with E-state index in [4.69, 9.17) is 0 Å². The second-order valence-corrected chi connectivity index (χ2v) is 5.84. The fourth-order valence-corrected chi connectivity index (χ4v) is 2.91. The lowest BCUT2D eigenvalue weighted by Gasteiger charge is -2.21. The molecule has 0 spiro atoms. The normalized spacial score (nSPS) is 13.5. The van der Waals surface area contributed by atoms with Gasteiger partial charge in [-0.1, -0.05) is 73.2 Å². The van der Waals surface area contributed by atoms with E-state index in [2.05, 4.69) is 30.8 Å². The molecule has 2 aromatic carbocycles. The average molecular weight is 294 g/mol. The number of allylic oxidation sites excluding steroid dienone is 1. The molecule has 1 nitrogen and oxygen atoms in total. The van der Waals surface area contributed by atoms with E-state index in [0.717, 1.165) is 24.8 Å². The van der Waals surface area contributed by atoms with Crippen LogP contribution in [0.15, 0.2) is 73.3 Å². The van der Waals surface area contributed by atoms with E-state index in [1.165, 1.54) is 18.4 Å². The Morgan fingerprint density at radius 1 is 0.864 bits per heavy atom. The van der Waals surface area contributed by atoms with Crippen molar-refractivity contribution >= 4 is 0 Å². The van der Waals surface area contributed by atoms with E-state index in [1.807, 2.05) is 42.5 Å². The Morgan fingerprint density at radius 2 is 1.45 bits per heavy atom. The van der Waals surface area contributed by atoms with Crippen LogP contribution < -0.4 is 0 Å². The number of hydrogen-bond donors (Lipinski definition) is 1. The Kier molecular flexibility index (Phi) is 6.92. The van der Waals surface area contributed by atoms with Crippen LogP contribution in [0.2, 0.25) is 0 Å². The summed E-state index contributed by atoms with van der Waals surface area (Å²) >= 11 is 0. The van der Waals surface area contributed by atoms with Gasteiger partial charge >= 0.3 is 0 Å². The molecule has 0 heterocycles. The van der Waals surface area contributed by atoms with Gasteiger partial charge in [-0.3, -0.25) is 0 Å². The smallest absolute Gasteiger partial charge is 0.0795 e. The largest absolute Gasteiger partial charge is 0.388 e. The average Bonchev–Trinajstić information content (AvgIpc) is 2.59. The van der Waals surface area contributed by atoms with E-state index >= 15 is 0 Å². The van der Waals surface area contributed by atoms with Crippen LogP contribution >= 0.6 is 0 Å². The molecule has 0 saturated carbocycles. The number of aliphatic hydroxyl groups is 1. The van der Waals surface area contributed by atoms with Crippen LogP contribution in [0, 0.1) is 0 Å². The molecule has 2 aromatic rings. The third-order valence-electron chi connectivity index (χ3n) is 4.17. The summed E-state index contributed by atoms with van der Waals surface area (Å²) in [5, 5.41) is 10.5. The monoisotopic (exact) mass is 294 g/mol. The highest BCUT2D eigenvalue weighted by molar-refractivity contribution is 5.22. The lowest BCUT2D eigenvalue weighted by Crippen LogP contribution is -2.06. The molecule has 0 aliphatic rings. The van der Waals surface area contributed by atoms with Crippen LogP contribution in [0.4, 0.5) is 0 Å². The van der Waals surface area contributed by atoms with Crippen LogP contribution in [0.25, 0.3) is 0 Å². The fraction of sp³-hybridized carbons (Fsp3) is 0.333. The Hall–Kier alpha value is -1.86. The predicted octanol–water partition coefficient (Wildman–Crippen LogP) is 5.64. The molecule has 0 radical (unpaired) electrons. The van der Waals surface area contributed by atoms with E-state index in [1.54, 1.807) is 0 Å². The van der Waals surface area contributed by atoms with Crippen LogP contribution in [-0.2, 0) is 0 Å². The molecular formula is C21H26O. The van der Waals surface area contributed by atoms with Crippen molar-refractivity contribution in [1.29, 1.82) is 0 Å². The van der Waals surface area contributed by atoms with Crippen molar-refractivity contribution in [2.75, 3.05) is 0 Å². The molecule has 0 saturated heterocycles. The first-order chi connectivity index (χ1) is 10.8. The number of aliphatic hydroxyl groups excluding tert-OH is 1. The lowest BCUT2D eigenvalue weighted by atomic mass is 9.86. The van der Waals surface area contributed by atoms with Crippen molar-refractivity contribution in [2.45, 2.75) is 44.1 Å². The summed E-state index contributed by atoms with van der Waals surface area (Å²) in [6, 6.07) is 20.5. The number of unbranched alkanes of at least 4 members (excludes halogenated alkanes) is 2. The first-order valence-electron chi connectivity index (χ1n) is 8.20. The van der Waals surface area contributed by atoms with Gasteiger partial charge in [-0.05, 0) is 42.7 Å². The highest BCUT2D eigenvalue weighted by Crippen LogP contribution is 2.32. The summed E-state index contributed by atoms with van der Waals surface area (Å²) in [6.07, 6.45) is 6.90. The molecule has 116 valence electrons. The molecule has 2 atom stereocenters. The van der Waals surface area contributed by atoms with E-state index in [9.17, 15) is 5.11 Å². The summed E-state index contributed by atoms with van der Waals surface area (Å²) in [6.45, 7) is 3.78. The lowest BCUT2D eigenvalue weighted by molar-refractivity contribution is 0.155. The third-order valence-corrected chi connectivity index (χ3v) is 4.17. The van der Waals surface area contributed by atoms with Gasteiger partial charge in [-0.25, -0.2) is 0 Å². The van der Waals surface area contributed by atoms with Gasteiger partial charge in [0.1, 0.15) is 0 Å². The minimum atomic E-state index is -0.397. The number of hydrogen-bond acceptors (Lipinski definition) is 1. The van der Waals surface area contributed by atoms with Gasteiger partial charge < -0.3 is 5.11 Å². The van der Waals surface area contributed by atoms with Crippen molar-refractivity contribution in [3.05, 3.63) is 84.4 Å². The van der Waals surface area contributed by atoms with Crippen LogP contribution in [0.1, 0.15) is 55.3 Å². The molecule has 2 unspecified atom stereocenters. The molecule has 22 heavy (non-hydrogen) atoms. The second-order valence-electron chi connectivity index (χ2n) is 5.84. The Morgan fingerprint density at radius 3 is 2.05 bits per heavy atom. The molecule has 0 fully saturated rings. The topological polar surface area (TPSA) is 20.2 Å². The third kappa shape index (κ3) is 5.16. The molecule has 0 aromatic heterocycles. The molecule has 0 bridgehead atoms. The molecule has 0 aliphatic heterocycles. The van der Waals surface area contributed by atoms with E-state index in [0.29, 0.717) is 5.92 Å². The van der Waals surface area contributed by atoms with E-state index in [-0.39, 0.29) is 0 Å². The maximum Gasteiger partial charge on any atom is 0.0795 e. The van der Waals surface area contributed by atoms with Gasteiger partial charge in [0.25, 0.3) is 0 Å². The molecule has 0 amide bonds. The van der Waals surface area contributed by atoms with Crippen molar-refractivity contribution in [3.8, 4) is 0 Å². The molecule has 1 N–H and O–H groups in total. The summed E-state index contributed by atoms with van der Waals surface area (Å²) in [7, 11) is 0. The fourth-order valence-electron chi connectivity index (χ4n) is 2.91. The minimum absolute atomic E-state index is 0.397. The first kappa shape index (κ1) is 16.5. The van der Waals surface area contributed by atoms with Gasteiger partial charge in [-0.15, -0.1) is 6.58 Å². The van der Waals surface area contributed by atoms with Crippen molar-refractivity contribution in [2.24, 2.45) is 0 Å². The maximum atomic E-state index is 10.5. The predicted molar refractivity (Wildman–Crippen MR) is 93.9 cm³/mol. The van der Waals surface area contributed by atoms with Crippen LogP contribution in [0.5, 0.6) is 0 Å². The van der Waals surface area contributed by atoms with Gasteiger partial charge in [0.15, 0.2) is 0 Å². The highest BCUT2D eigenvalue weighted by atomic mass is 16.3. The van der Waals surface area contributed by atoms with Gasteiger partial charge in [0.05, 0.1) is 6.10 Å². The van der Waals surface area contributed by atoms with Crippen molar-refractivity contribution in [3.63, 3.8) is 0 Å². The van der Waals surface area contributed by atoms with Gasteiger partial charge in [0.2, 0.25) is 0 Å².